The van der Waals surface area contributed by atoms with Crippen LogP contribution in [0.1, 0.15) is 35.9 Å². The Kier molecular flexibility index (Phi) is 4.00. The molecule has 0 N–H and O–H groups in total. The van der Waals surface area contributed by atoms with Crippen LogP contribution in [0.5, 0.6) is 0 Å². The summed E-state index contributed by atoms with van der Waals surface area (Å²) in [4.78, 5) is 17.4. The highest BCUT2D eigenvalue weighted by Crippen LogP contribution is 2.23. The largest absolute Gasteiger partial charge is 0.368 e. The Hall–Kier alpha value is -2.30. The Morgan fingerprint density at radius 2 is 2.04 bits per heavy atom. The van der Waals surface area contributed by atoms with Crippen molar-refractivity contribution in [1.82, 2.24) is 14.7 Å². The van der Waals surface area contributed by atoms with E-state index in [1.54, 1.807) is 0 Å². The van der Waals surface area contributed by atoms with Crippen molar-refractivity contribution in [2.45, 2.75) is 38.8 Å². The predicted molar refractivity (Wildman–Crippen MR) is 94.3 cm³/mol. The Labute approximate surface area is 142 Å². The van der Waals surface area contributed by atoms with Crippen LogP contribution < -0.4 is 4.90 Å². The lowest BCUT2D eigenvalue weighted by molar-refractivity contribution is 0.0644. The number of aryl methyl sites for hydroxylation is 2. The van der Waals surface area contributed by atoms with E-state index in [9.17, 15) is 4.79 Å². The second-order valence-corrected chi connectivity index (χ2v) is 6.69. The third-order valence-corrected chi connectivity index (χ3v) is 5.22. The fraction of sp³-hybridized carbons (Fsp3) is 0.474. The number of rotatable bonds is 3. The predicted octanol–water partition coefficient (Wildman–Crippen LogP) is 2.57. The summed E-state index contributed by atoms with van der Waals surface area (Å²) in [5.41, 5.74) is 3.06. The van der Waals surface area contributed by atoms with Gasteiger partial charge < -0.3 is 9.80 Å². The zero-order valence-electron chi connectivity index (χ0n) is 14.2. The molecule has 0 bridgehead atoms. The summed E-state index contributed by atoms with van der Waals surface area (Å²) in [5, 5.41) is 4.52. The first-order valence-electron chi connectivity index (χ1n) is 8.94. The van der Waals surface area contributed by atoms with E-state index in [0.717, 1.165) is 45.4 Å². The van der Waals surface area contributed by atoms with Crippen LogP contribution in [0, 0.1) is 0 Å². The summed E-state index contributed by atoms with van der Waals surface area (Å²) in [5.74, 6) is 0.0939. The van der Waals surface area contributed by atoms with Gasteiger partial charge in [0.25, 0.3) is 5.91 Å². The summed E-state index contributed by atoms with van der Waals surface area (Å²) in [6.45, 7) is 5.63. The molecule has 1 aromatic heterocycles. The first-order chi connectivity index (χ1) is 11.8. The Bertz CT molecular complexity index is 703. The Morgan fingerprint density at radius 1 is 1.21 bits per heavy atom. The fourth-order valence-electron chi connectivity index (χ4n) is 3.86. The van der Waals surface area contributed by atoms with Crippen molar-refractivity contribution < 1.29 is 4.79 Å². The molecule has 1 aromatic carbocycles. The quantitative estimate of drug-likeness (QED) is 0.871. The molecule has 3 heterocycles. The van der Waals surface area contributed by atoms with E-state index in [2.05, 4.69) is 41.2 Å². The average molecular weight is 324 g/mol. The van der Waals surface area contributed by atoms with E-state index in [1.165, 1.54) is 11.4 Å². The minimum absolute atomic E-state index is 0.0939. The van der Waals surface area contributed by atoms with Gasteiger partial charge in [-0.25, -0.2) is 0 Å². The molecule has 1 amide bonds. The van der Waals surface area contributed by atoms with Gasteiger partial charge in [0.05, 0.1) is 0 Å². The molecule has 0 spiro atoms. The number of piperazine rings is 1. The molecule has 5 heteroatoms. The van der Waals surface area contributed by atoms with Gasteiger partial charge in [-0.1, -0.05) is 25.1 Å². The van der Waals surface area contributed by atoms with Crippen molar-refractivity contribution in [3.8, 4) is 0 Å². The molecule has 0 radical (unpaired) electrons. The first kappa shape index (κ1) is 15.2. The maximum Gasteiger partial charge on any atom is 0.274 e. The number of anilines is 1. The number of hydrogen-bond donors (Lipinski definition) is 0. The highest BCUT2D eigenvalue weighted by molar-refractivity contribution is 5.93. The Morgan fingerprint density at radius 3 is 2.79 bits per heavy atom. The monoisotopic (exact) mass is 324 g/mol. The van der Waals surface area contributed by atoms with Gasteiger partial charge in [-0.3, -0.25) is 9.48 Å². The zero-order valence-corrected chi connectivity index (χ0v) is 14.2. The van der Waals surface area contributed by atoms with E-state index in [1.807, 2.05) is 21.7 Å². The van der Waals surface area contributed by atoms with Gasteiger partial charge in [0, 0.05) is 43.6 Å². The van der Waals surface area contributed by atoms with Gasteiger partial charge in [-0.15, -0.1) is 0 Å². The van der Waals surface area contributed by atoms with Crippen molar-refractivity contribution >= 4 is 11.6 Å². The first-order valence-corrected chi connectivity index (χ1v) is 8.94. The third-order valence-electron chi connectivity index (χ3n) is 5.22. The van der Waals surface area contributed by atoms with Crippen LogP contribution in [0.2, 0.25) is 0 Å². The molecule has 0 saturated carbocycles. The lowest BCUT2D eigenvalue weighted by Gasteiger charge is -2.42. The summed E-state index contributed by atoms with van der Waals surface area (Å²) >= 11 is 0. The lowest BCUT2D eigenvalue weighted by Crippen LogP contribution is -2.55. The molecule has 0 aliphatic carbocycles. The average Bonchev–Trinajstić information content (AvgIpc) is 3.23. The molecule has 1 saturated heterocycles. The number of aromatic nitrogens is 2. The lowest BCUT2D eigenvalue weighted by atomic mass is 10.1. The number of fused-ring (bicyclic) bond motifs is 1. The summed E-state index contributed by atoms with van der Waals surface area (Å²) in [6, 6.07) is 12.7. The summed E-state index contributed by atoms with van der Waals surface area (Å²) in [6.07, 6.45) is 3.14. The minimum Gasteiger partial charge on any atom is -0.368 e. The van der Waals surface area contributed by atoms with Gasteiger partial charge in [0.15, 0.2) is 5.69 Å². The zero-order chi connectivity index (χ0) is 16.5. The van der Waals surface area contributed by atoms with Crippen LogP contribution in [0.4, 0.5) is 5.69 Å². The Balaban J connectivity index is 1.50. The standard InChI is InChI=1S/C19H24N4O/c1-2-15-14-21(16-7-4-3-5-8-16)11-12-22(15)19(24)18-13-17-9-6-10-23(17)20-18/h3-5,7-8,13,15H,2,6,9-12,14H2,1H3. The number of hydrogen-bond acceptors (Lipinski definition) is 3. The highest BCUT2D eigenvalue weighted by atomic mass is 16.2. The molecule has 126 valence electrons. The van der Waals surface area contributed by atoms with Crippen molar-refractivity contribution in [3.05, 3.63) is 47.8 Å². The van der Waals surface area contributed by atoms with Gasteiger partial charge in [0.1, 0.15) is 0 Å². The molecule has 1 atom stereocenters. The molecule has 5 nitrogen and oxygen atoms in total. The van der Waals surface area contributed by atoms with Crippen LogP contribution in [0.25, 0.3) is 0 Å². The van der Waals surface area contributed by atoms with Crippen molar-refractivity contribution in [2.75, 3.05) is 24.5 Å². The molecular weight excluding hydrogens is 300 g/mol. The van der Waals surface area contributed by atoms with Crippen molar-refractivity contribution in [2.24, 2.45) is 0 Å². The van der Waals surface area contributed by atoms with Gasteiger partial charge in [-0.05, 0) is 37.5 Å². The normalized spacial score (nSPS) is 20.3. The molecule has 2 aliphatic heterocycles. The summed E-state index contributed by atoms with van der Waals surface area (Å²) in [7, 11) is 0. The topological polar surface area (TPSA) is 41.4 Å². The molecule has 24 heavy (non-hydrogen) atoms. The van der Waals surface area contributed by atoms with Gasteiger partial charge >= 0.3 is 0 Å². The second-order valence-electron chi connectivity index (χ2n) is 6.69. The molecule has 4 rings (SSSR count). The van der Waals surface area contributed by atoms with E-state index < -0.39 is 0 Å². The van der Waals surface area contributed by atoms with Gasteiger partial charge in [-0.2, -0.15) is 5.10 Å². The smallest absolute Gasteiger partial charge is 0.274 e. The maximum absolute atomic E-state index is 12.9. The van der Waals surface area contributed by atoms with Crippen LogP contribution in [-0.4, -0.2) is 46.3 Å². The van der Waals surface area contributed by atoms with Crippen LogP contribution in [0.15, 0.2) is 36.4 Å². The van der Waals surface area contributed by atoms with Crippen LogP contribution >= 0.6 is 0 Å². The number of para-hydroxylation sites is 1. The SMILES string of the molecule is CCC1CN(c2ccccc2)CCN1C(=O)c1cc2n(n1)CCC2. The highest BCUT2D eigenvalue weighted by Gasteiger charge is 2.31. The fourth-order valence-corrected chi connectivity index (χ4v) is 3.86. The maximum atomic E-state index is 12.9. The van der Waals surface area contributed by atoms with E-state index in [4.69, 9.17) is 0 Å². The molecular formula is C19H24N4O. The second kappa shape index (κ2) is 6.30. The van der Waals surface area contributed by atoms with Crippen molar-refractivity contribution in [1.29, 1.82) is 0 Å². The minimum atomic E-state index is 0.0939. The van der Waals surface area contributed by atoms with E-state index in [0.29, 0.717) is 5.69 Å². The molecule has 1 fully saturated rings. The molecule has 2 aromatic rings. The van der Waals surface area contributed by atoms with E-state index >= 15 is 0 Å². The number of amides is 1. The number of nitrogens with zero attached hydrogens (tertiary/aromatic N) is 4. The number of carbonyl (C=O) groups excluding carboxylic acids is 1. The van der Waals surface area contributed by atoms with Crippen molar-refractivity contribution in [3.63, 3.8) is 0 Å². The summed E-state index contributed by atoms with van der Waals surface area (Å²) < 4.78 is 1.99. The number of carbonyl (C=O) groups is 1. The molecule has 2 aliphatic rings. The van der Waals surface area contributed by atoms with E-state index in [-0.39, 0.29) is 11.9 Å². The molecule has 1 unspecified atom stereocenters. The van der Waals surface area contributed by atoms with Gasteiger partial charge in [0.2, 0.25) is 0 Å². The third kappa shape index (κ3) is 2.68. The number of benzene rings is 1. The van der Waals surface area contributed by atoms with Crippen LogP contribution in [0.3, 0.4) is 0 Å². The van der Waals surface area contributed by atoms with Crippen LogP contribution in [-0.2, 0) is 13.0 Å².